The number of hydrogen-bond donors (Lipinski definition) is 2. The molecule has 1 aromatic heterocycles. The van der Waals surface area contributed by atoms with Gasteiger partial charge in [0.25, 0.3) is 5.56 Å². The first-order valence-corrected chi connectivity index (χ1v) is 4.65. The predicted octanol–water partition coefficient (Wildman–Crippen LogP) is 0.958. The van der Waals surface area contributed by atoms with Crippen molar-refractivity contribution in [3.05, 3.63) is 28.6 Å². The van der Waals surface area contributed by atoms with Crippen molar-refractivity contribution < 1.29 is 14.9 Å². The molecule has 0 radical (unpaired) electrons. The zero-order valence-electron chi connectivity index (χ0n) is 8.89. The van der Waals surface area contributed by atoms with Gasteiger partial charge in [-0.25, -0.2) is 0 Å². The molecule has 0 fully saturated rings. The third kappa shape index (κ3) is 1.29. The van der Waals surface area contributed by atoms with E-state index in [0.717, 1.165) is 0 Å². The van der Waals surface area contributed by atoms with Crippen LogP contribution in [-0.2, 0) is 7.05 Å². The van der Waals surface area contributed by atoms with Gasteiger partial charge in [0.2, 0.25) is 5.75 Å². The van der Waals surface area contributed by atoms with Crippen molar-refractivity contribution in [2.75, 3.05) is 7.11 Å². The Morgan fingerprint density at radius 1 is 1.25 bits per heavy atom. The lowest BCUT2D eigenvalue weighted by Crippen LogP contribution is -2.16. The van der Waals surface area contributed by atoms with E-state index in [-0.39, 0.29) is 0 Å². The van der Waals surface area contributed by atoms with Crippen molar-refractivity contribution in [3.63, 3.8) is 0 Å². The SMILES string of the molecule is COc1ccc2c(O)c(O)c(=O)n(C)c2c1. The van der Waals surface area contributed by atoms with Gasteiger partial charge in [-0.15, -0.1) is 0 Å². The topological polar surface area (TPSA) is 71.7 Å². The molecule has 2 N–H and O–H groups in total. The van der Waals surface area contributed by atoms with Gasteiger partial charge in [-0.1, -0.05) is 0 Å². The van der Waals surface area contributed by atoms with Crippen LogP contribution in [0.3, 0.4) is 0 Å². The van der Waals surface area contributed by atoms with E-state index in [9.17, 15) is 15.0 Å². The number of nitrogens with zero attached hydrogens (tertiary/aromatic N) is 1. The molecule has 0 spiro atoms. The highest BCUT2D eigenvalue weighted by Crippen LogP contribution is 2.31. The normalized spacial score (nSPS) is 10.6. The summed E-state index contributed by atoms with van der Waals surface area (Å²) in [5.74, 6) is -0.464. The van der Waals surface area contributed by atoms with Crippen molar-refractivity contribution in [3.8, 4) is 17.2 Å². The Hall–Kier alpha value is -2.17. The van der Waals surface area contributed by atoms with E-state index in [4.69, 9.17) is 4.74 Å². The molecular weight excluding hydrogens is 210 g/mol. The van der Waals surface area contributed by atoms with Crippen molar-refractivity contribution in [2.45, 2.75) is 0 Å². The summed E-state index contributed by atoms with van der Waals surface area (Å²) in [6.07, 6.45) is 0. The van der Waals surface area contributed by atoms with Crippen LogP contribution in [0.5, 0.6) is 17.2 Å². The molecule has 16 heavy (non-hydrogen) atoms. The fourth-order valence-electron chi connectivity index (χ4n) is 1.61. The molecule has 5 nitrogen and oxygen atoms in total. The van der Waals surface area contributed by atoms with Crippen molar-refractivity contribution in [1.29, 1.82) is 0 Å². The van der Waals surface area contributed by atoms with Gasteiger partial charge in [-0.3, -0.25) is 4.79 Å². The highest BCUT2D eigenvalue weighted by atomic mass is 16.5. The summed E-state index contributed by atoms with van der Waals surface area (Å²) in [7, 11) is 3.03. The second kappa shape index (κ2) is 3.44. The lowest BCUT2D eigenvalue weighted by molar-refractivity contribution is 0.398. The highest BCUT2D eigenvalue weighted by Gasteiger charge is 2.13. The average molecular weight is 221 g/mol. The molecular formula is C11H11NO4. The van der Waals surface area contributed by atoms with Crippen LogP contribution in [0.25, 0.3) is 10.9 Å². The molecule has 84 valence electrons. The molecule has 1 aromatic carbocycles. The first kappa shape index (κ1) is 10.4. The standard InChI is InChI=1S/C11H11NO4/c1-12-8-5-6(16-2)3-4-7(8)9(13)10(14)11(12)15/h3-5,13-14H,1-2H3. The highest BCUT2D eigenvalue weighted by molar-refractivity contribution is 5.88. The molecule has 1 heterocycles. The van der Waals surface area contributed by atoms with Gasteiger partial charge >= 0.3 is 0 Å². The van der Waals surface area contributed by atoms with Gasteiger partial charge in [0.1, 0.15) is 5.75 Å². The molecule has 0 aliphatic rings. The summed E-state index contributed by atoms with van der Waals surface area (Å²) in [4.78, 5) is 11.5. The minimum Gasteiger partial charge on any atom is -0.504 e. The molecule has 5 heteroatoms. The monoisotopic (exact) mass is 221 g/mol. The quantitative estimate of drug-likeness (QED) is 0.752. The van der Waals surface area contributed by atoms with Gasteiger partial charge in [0.15, 0.2) is 5.75 Å². The molecule has 0 atom stereocenters. The van der Waals surface area contributed by atoms with Gasteiger partial charge in [0.05, 0.1) is 12.6 Å². The Labute approximate surface area is 91.1 Å². The Morgan fingerprint density at radius 2 is 1.94 bits per heavy atom. The Kier molecular flexibility index (Phi) is 2.23. The van der Waals surface area contributed by atoms with Gasteiger partial charge in [0, 0.05) is 18.5 Å². The van der Waals surface area contributed by atoms with Crippen LogP contribution >= 0.6 is 0 Å². The Morgan fingerprint density at radius 3 is 2.56 bits per heavy atom. The summed E-state index contributed by atoms with van der Waals surface area (Å²) in [5.41, 5.74) is -0.141. The molecule has 2 rings (SSSR count). The lowest BCUT2D eigenvalue weighted by atomic mass is 10.2. The van der Waals surface area contributed by atoms with E-state index in [1.807, 2.05) is 0 Å². The maximum absolute atomic E-state index is 11.5. The largest absolute Gasteiger partial charge is 0.504 e. The molecule has 2 aromatic rings. The minimum atomic E-state index is -0.641. The fraction of sp³-hybridized carbons (Fsp3) is 0.182. The van der Waals surface area contributed by atoms with Gasteiger partial charge < -0.3 is 19.5 Å². The van der Waals surface area contributed by atoms with E-state index in [0.29, 0.717) is 16.7 Å². The Balaban J connectivity index is 2.97. The summed E-state index contributed by atoms with van der Waals surface area (Å²) in [6.45, 7) is 0. The predicted molar refractivity (Wildman–Crippen MR) is 59.1 cm³/mol. The average Bonchev–Trinajstić information content (AvgIpc) is 2.33. The molecule has 0 aliphatic carbocycles. The maximum atomic E-state index is 11.5. The number of pyridine rings is 1. The van der Waals surface area contributed by atoms with Crippen molar-refractivity contribution in [2.24, 2.45) is 7.05 Å². The first-order valence-electron chi connectivity index (χ1n) is 4.65. The van der Waals surface area contributed by atoms with Crippen LogP contribution < -0.4 is 10.3 Å². The number of aryl methyl sites for hydroxylation is 1. The summed E-state index contributed by atoms with van der Waals surface area (Å²) >= 11 is 0. The van der Waals surface area contributed by atoms with Crippen molar-refractivity contribution >= 4 is 10.9 Å². The second-order valence-electron chi connectivity index (χ2n) is 3.44. The van der Waals surface area contributed by atoms with Gasteiger partial charge in [-0.2, -0.15) is 0 Å². The lowest BCUT2D eigenvalue weighted by Gasteiger charge is -2.09. The molecule has 0 unspecified atom stereocenters. The molecule has 0 aliphatic heterocycles. The van der Waals surface area contributed by atoms with Gasteiger partial charge in [-0.05, 0) is 12.1 Å². The smallest absolute Gasteiger partial charge is 0.296 e. The van der Waals surface area contributed by atoms with Crippen LogP contribution in [0.2, 0.25) is 0 Å². The Bertz CT molecular complexity index is 615. The van der Waals surface area contributed by atoms with E-state index in [2.05, 4.69) is 0 Å². The number of methoxy groups -OCH3 is 1. The van der Waals surface area contributed by atoms with Crippen LogP contribution in [0.15, 0.2) is 23.0 Å². The third-order valence-corrected chi connectivity index (χ3v) is 2.55. The number of hydrogen-bond acceptors (Lipinski definition) is 4. The van der Waals surface area contributed by atoms with E-state index < -0.39 is 17.1 Å². The zero-order valence-corrected chi connectivity index (χ0v) is 8.89. The van der Waals surface area contributed by atoms with Crippen LogP contribution in [0, 0.1) is 0 Å². The van der Waals surface area contributed by atoms with E-state index >= 15 is 0 Å². The molecule has 0 bridgehead atoms. The number of rotatable bonds is 1. The number of ether oxygens (including phenoxy) is 1. The first-order chi connectivity index (χ1) is 7.56. The van der Waals surface area contributed by atoms with Crippen LogP contribution in [0.4, 0.5) is 0 Å². The number of aromatic nitrogens is 1. The number of aromatic hydroxyl groups is 2. The van der Waals surface area contributed by atoms with Crippen LogP contribution in [0.1, 0.15) is 0 Å². The summed E-state index contributed by atoms with van der Waals surface area (Å²) in [5, 5.41) is 19.4. The number of fused-ring (bicyclic) bond motifs is 1. The zero-order chi connectivity index (χ0) is 11.9. The summed E-state index contributed by atoms with van der Waals surface area (Å²) in [6, 6.07) is 4.85. The maximum Gasteiger partial charge on any atom is 0.296 e. The van der Waals surface area contributed by atoms with Crippen LogP contribution in [-0.4, -0.2) is 21.9 Å². The van der Waals surface area contributed by atoms with Crippen molar-refractivity contribution in [1.82, 2.24) is 4.57 Å². The molecule has 0 saturated carbocycles. The van der Waals surface area contributed by atoms with E-state index in [1.54, 1.807) is 18.2 Å². The number of benzene rings is 1. The third-order valence-electron chi connectivity index (χ3n) is 2.55. The molecule has 0 amide bonds. The molecule has 0 saturated heterocycles. The second-order valence-corrected chi connectivity index (χ2v) is 3.44. The minimum absolute atomic E-state index is 0.402. The fourth-order valence-corrected chi connectivity index (χ4v) is 1.61. The summed E-state index contributed by atoms with van der Waals surface area (Å²) < 4.78 is 6.28. The van der Waals surface area contributed by atoms with E-state index in [1.165, 1.54) is 18.7 Å².